The Hall–Kier alpha value is -1.28. The Morgan fingerprint density at radius 1 is 1.60 bits per heavy atom. The van der Waals surface area contributed by atoms with Gasteiger partial charge in [-0.1, -0.05) is 6.92 Å². The first kappa shape index (κ1) is 11.8. The van der Waals surface area contributed by atoms with Crippen LogP contribution < -0.4 is 5.32 Å². The lowest BCUT2D eigenvalue weighted by molar-refractivity contribution is 0.0525. The number of amides is 2. The normalized spacial score (nSPS) is 18.0. The minimum absolute atomic E-state index is 0.0367. The van der Waals surface area contributed by atoms with Crippen molar-refractivity contribution < 1.29 is 9.53 Å². The quantitative estimate of drug-likeness (QED) is 0.748. The highest BCUT2D eigenvalue weighted by Crippen LogP contribution is 2.01. The van der Waals surface area contributed by atoms with Crippen LogP contribution in [0.4, 0.5) is 4.79 Å². The van der Waals surface area contributed by atoms with Crippen molar-refractivity contribution in [2.75, 3.05) is 26.3 Å². The van der Waals surface area contributed by atoms with Crippen LogP contribution in [0.25, 0.3) is 0 Å². The number of carbonyl (C=O) groups excluding carboxylic acids is 1. The molecule has 1 heterocycles. The van der Waals surface area contributed by atoms with E-state index in [1.165, 1.54) is 0 Å². The van der Waals surface area contributed by atoms with Crippen molar-refractivity contribution in [2.24, 2.45) is 0 Å². The fraction of sp³-hybridized carbons (Fsp3) is 0.800. The lowest BCUT2D eigenvalue weighted by Crippen LogP contribution is -2.49. The topological polar surface area (TPSA) is 65.4 Å². The highest BCUT2D eigenvalue weighted by molar-refractivity contribution is 5.74. The van der Waals surface area contributed by atoms with Crippen LogP contribution in [0.15, 0.2) is 0 Å². The zero-order valence-electron chi connectivity index (χ0n) is 9.03. The molecule has 1 N–H and O–H groups in total. The minimum atomic E-state index is -0.0830. The smallest absolute Gasteiger partial charge is 0.317 e. The maximum absolute atomic E-state index is 11.7. The molecule has 84 valence electrons. The molecule has 1 rings (SSSR count). The van der Waals surface area contributed by atoms with Crippen molar-refractivity contribution in [3.8, 4) is 6.07 Å². The molecule has 0 aromatic heterocycles. The third-order valence-corrected chi connectivity index (χ3v) is 2.46. The Balaban J connectivity index is 2.35. The summed E-state index contributed by atoms with van der Waals surface area (Å²) in [5.41, 5.74) is 0. The zero-order valence-corrected chi connectivity index (χ0v) is 9.03. The molecule has 0 radical (unpaired) electrons. The Morgan fingerprint density at radius 2 is 2.27 bits per heavy atom. The average Bonchev–Trinajstić information content (AvgIpc) is 2.29. The molecule has 1 fully saturated rings. The Bertz CT molecular complexity index is 244. The molecule has 5 heteroatoms. The summed E-state index contributed by atoms with van der Waals surface area (Å²) in [6.07, 6.45) is 1.15. The number of nitrogens with one attached hydrogen (secondary N) is 1. The van der Waals surface area contributed by atoms with Crippen LogP contribution in [0.2, 0.25) is 0 Å². The first-order valence-electron chi connectivity index (χ1n) is 5.28. The second-order valence-electron chi connectivity index (χ2n) is 3.52. The lowest BCUT2D eigenvalue weighted by Gasteiger charge is -2.28. The van der Waals surface area contributed by atoms with Crippen molar-refractivity contribution in [3.63, 3.8) is 0 Å². The van der Waals surface area contributed by atoms with Gasteiger partial charge in [-0.2, -0.15) is 5.26 Å². The molecule has 1 aliphatic rings. The molecule has 1 saturated heterocycles. The van der Waals surface area contributed by atoms with Gasteiger partial charge in [0.1, 0.15) is 0 Å². The van der Waals surface area contributed by atoms with Gasteiger partial charge in [-0.3, -0.25) is 0 Å². The molecule has 2 amide bonds. The van der Waals surface area contributed by atoms with E-state index in [0.29, 0.717) is 32.7 Å². The van der Waals surface area contributed by atoms with E-state index in [-0.39, 0.29) is 12.1 Å². The number of nitrogens with zero attached hydrogens (tertiary/aromatic N) is 2. The molecule has 1 aliphatic heterocycles. The van der Waals surface area contributed by atoms with Crippen molar-refractivity contribution in [1.29, 1.82) is 5.26 Å². The molecule has 0 spiro atoms. The van der Waals surface area contributed by atoms with Crippen molar-refractivity contribution in [2.45, 2.75) is 25.8 Å². The standard InChI is InChI=1S/C10H17N3O2/c1-2-9(3-4-11)12-10(14)13-5-7-15-8-6-13/h9H,2-3,5-8H2,1H3,(H,12,14). The van der Waals surface area contributed by atoms with Gasteiger partial charge in [0, 0.05) is 19.1 Å². The van der Waals surface area contributed by atoms with E-state index in [4.69, 9.17) is 10.00 Å². The summed E-state index contributed by atoms with van der Waals surface area (Å²) < 4.78 is 5.15. The number of hydrogen-bond donors (Lipinski definition) is 1. The Labute approximate surface area is 90.0 Å². The molecule has 0 aliphatic carbocycles. The third-order valence-electron chi connectivity index (χ3n) is 2.46. The first-order valence-corrected chi connectivity index (χ1v) is 5.28. The van der Waals surface area contributed by atoms with Gasteiger partial charge in [-0.15, -0.1) is 0 Å². The lowest BCUT2D eigenvalue weighted by atomic mass is 10.2. The third kappa shape index (κ3) is 3.76. The molecule has 0 bridgehead atoms. The highest BCUT2D eigenvalue weighted by Gasteiger charge is 2.18. The summed E-state index contributed by atoms with van der Waals surface area (Å²) in [5.74, 6) is 0. The number of nitriles is 1. The maximum Gasteiger partial charge on any atom is 0.317 e. The first-order chi connectivity index (χ1) is 7.27. The fourth-order valence-electron chi connectivity index (χ4n) is 1.44. The second-order valence-corrected chi connectivity index (χ2v) is 3.52. The summed E-state index contributed by atoms with van der Waals surface area (Å²) in [7, 11) is 0. The van der Waals surface area contributed by atoms with Gasteiger partial charge in [-0.05, 0) is 6.42 Å². The van der Waals surface area contributed by atoms with Crippen LogP contribution >= 0.6 is 0 Å². The zero-order chi connectivity index (χ0) is 11.1. The largest absolute Gasteiger partial charge is 0.378 e. The van der Waals surface area contributed by atoms with E-state index < -0.39 is 0 Å². The molecule has 0 saturated carbocycles. The second kappa shape index (κ2) is 6.25. The molecule has 0 aromatic rings. The number of ether oxygens (including phenoxy) is 1. The number of carbonyl (C=O) groups is 1. The molecular formula is C10H17N3O2. The van der Waals surface area contributed by atoms with Crippen LogP contribution in [0.3, 0.4) is 0 Å². The van der Waals surface area contributed by atoms with Gasteiger partial charge >= 0.3 is 6.03 Å². The van der Waals surface area contributed by atoms with E-state index >= 15 is 0 Å². The van der Waals surface area contributed by atoms with Gasteiger partial charge in [-0.25, -0.2) is 4.79 Å². The van der Waals surface area contributed by atoms with E-state index in [9.17, 15) is 4.79 Å². The minimum Gasteiger partial charge on any atom is -0.378 e. The summed E-state index contributed by atoms with van der Waals surface area (Å²) in [5, 5.41) is 11.4. The van der Waals surface area contributed by atoms with Crippen LogP contribution in [0.1, 0.15) is 19.8 Å². The Morgan fingerprint density at radius 3 is 2.80 bits per heavy atom. The van der Waals surface area contributed by atoms with Gasteiger partial charge in [0.15, 0.2) is 0 Å². The van der Waals surface area contributed by atoms with Gasteiger partial charge < -0.3 is 15.0 Å². The van der Waals surface area contributed by atoms with Gasteiger partial charge in [0.05, 0.1) is 25.7 Å². The SMILES string of the molecule is CCC(CC#N)NC(=O)N1CCOCC1. The predicted molar refractivity (Wildman–Crippen MR) is 55.2 cm³/mol. The van der Waals surface area contributed by atoms with Crippen molar-refractivity contribution in [3.05, 3.63) is 0 Å². The van der Waals surface area contributed by atoms with Crippen molar-refractivity contribution in [1.82, 2.24) is 10.2 Å². The summed E-state index contributed by atoms with van der Waals surface area (Å²) >= 11 is 0. The van der Waals surface area contributed by atoms with Crippen LogP contribution in [0, 0.1) is 11.3 Å². The highest BCUT2D eigenvalue weighted by atomic mass is 16.5. The number of hydrogen-bond acceptors (Lipinski definition) is 3. The van der Waals surface area contributed by atoms with Crippen LogP contribution in [-0.4, -0.2) is 43.3 Å². The van der Waals surface area contributed by atoms with Crippen LogP contribution in [-0.2, 0) is 4.74 Å². The molecule has 15 heavy (non-hydrogen) atoms. The molecule has 1 unspecified atom stereocenters. The molecular weight excluding hydrogens is 194 g/mol. The fourth-order valence-corrected chi connectivity index (χ4v) is 1.44. The molecule has 1 atom stereocenters. The number of urea groups is 1. The monoisotopic (exact) mass is 211 g/mol. The predicted octanol–water partition coefficient (Wildman–Crippen LogP) is 0.720. The summed E-state index contributed by atoms with van der Waals surface area (Å²) in [4.78, 5) is 13.4. The van der Waals surface area contributed by atoms with E-state index in [2.05, 4.69) is 11.4 Å². The van der Waals surface area contributed by atoms with Crippen molar-refractivity contribution >= 4 is 6.03 Å². The summed E-state index contributed by atoms with van der Waals surface area (Å²) in [6.45, 7) is 4.43. The van der Waals surface area contributed by atoms with E-state index in [1.54, 1.807) is 4.90 Å². The number of morpholine rings is 1. The summed E-state index contributed by atoms with van der Waals surface area (Å²) in [6, 6.07) is 1.95. The number of rotatable bonds is 3. The van der Waals surface area contributed by atoms with E-state index in [0.717, 1.165) is 6.42 Å². The van der Waals surface area contributed by atoms with Crippen LogP contribution in [0.5, 0.6) is 0 Å². The molecule has 0 aromatic carbocycles. The van der Waals surface area contributed by atoms with Gasteiger partial charge in [0.2, 0.25) is 0 Å². The van der Waals surface area contributed by atoms with Gasteiger partial charge in [0.25, 0.3) is 0 Å². The molecule has 5 nitrogen and oxygen atoms in total. The van der Waals surface area contributed by atoms with E-state index in [1.807, 2.05) is 6.92 Å². The maximum atomic E-state index is 11.7. The average molecular weight is 211 g/mol. The Kier molecular flexibility index (Phi) is 4.91.